The van der Waals surface area contributed by atoms with E-state index in [0.717, 1.165) is 11.3 Å². The Labute approximate surface area is 104 Å². The SMILES string of the molecule is CCOC(=O)C(Br)c1cccc(OCC)c1. The summed E-state index contributed by atoms with van der Waals surface area (Å²) in [4.78, 5) is 11.1. The van der Waals surface area contributed by atoms with Gasteiger partial charge >= 0.3 is 5.97 Å². The highest BCUT2D eigenvalue weighted by Crippen LogP contribution is 2.27. The van der Waals surface area contributed by atoms with E-state index in [9.17, 15) is 4.79 Å². The van der Waals surface area contributed by atoms with E-state index in [1.54, 1.807) is 6.92 Å². The Hall–Kier alpha value is -1.03. The smallest absolute Gasteiger partial charge is 0.324 e. The monoisotopic (exact) mass is 286 g/mol. The van der Waals surface area contributed by atoms with Crippen LogP contribution in [0.2, 0.25) is 0 Å². The molecule has 0 aliphatic carbocycles. The first kappa shape index (κ1) is 13.0. The lowest BCUT2D eigenvalue weighted by Gasteiger charge is -2.10. The molecule has 1 rings (SSSR count). The largest absolute Gasteiger partial charge is 0.494 e. The quantitative estimate of drug-likeness (QED) is 0.616. The van der Waals surface area contributed by atoms with Crippen LogP contribution in [-0.2, 0) is 9.53 Å². The van der Waals surface area contributed by atoms with Gasteiger partial charge in [-0.3, -0.25) is 4.79 Å². The molecule has 0 heterocycles. The molecule has 16 heavy (non-hydrogen) atoms. The van der Waals surface area contributed by atoms with Gasteiger partial charge in [0, 0.05) is 0 Å². The van der Waals surface area contributed by atoms with E-state index < -0.39 is 4.83 Å². The number of esters is 1. The van der Waals surface area contributed by atoms with Gasteiger partial charge in [-0.1, -0.05) is 28.1 Å². The van der Waals surface area contributed by atoms with E-state index in [2.05, 4.69) is 15.9 Å². The highest BCUT2D eigenvalue weighted by atomic mass is 79.9. The second-order valence-corrected chi connectivity index (χ2v) is 4.04. The van der Waals surface area contributed by atoms with Gasteiger partial charge in [0.2, 0.25) is 0 Å². The summed E-state index contributed by atoms with van der Waals surface area (Å²) in [7, 11) is 0. The van der Waals surface area contributed by atoms with Crippen LogP contribution in [0, 0.1) is 0 Å². The molecule has 0 aromatic heterocycles. The first-order valence-corrected chi connectivity index (χ1v) is 6.14. The number of alkyl halides is 1. The minimum absolute atomic E-state index is 0.281. The molecule has 0 fully saturated rings. The van der Waals surface area contributed by atoms with E-state index in [0.29, 0.717) is 13.2 Å². The highest BCUT2D eigenvalue weighted by Gasteiger charge is 2.18. The summed E-state index contributed by atoms with van der Waals surface area (Å²) in [5, 5.41) is 0. The fraction of sp³-hybridized carbons (Fsp3) is 0.417. The first-order valence-electron chi connectivity index (χ1n) is 5.22. The fourth-order valence-corrected chi connectivity index (χ4v) is 1.70. The molecule has 0 saturated carbocycles. The Balaban J connectivity index is 2.78. The number of hydrogen-bond acceptors (Lipinski definition) is 3. The average Bonchev–Trinajstić information content (AvgIpc) is 2.29. The Morgan fingerprint density at radius 3 is 2.75 bits per heavy atom. The normalized spacial score (nSPS) is 11.9. The third kappa shape index (κ3) is 3.52. The van der Waals surface area contributed by atoms with Crippen molar-refractivity contribution in [1.82, 2.24) is 0 Å². The van der Waals surface area contributed by atoms with Gasteiger partial charge in [-0.25, -0.2) is 0 Å². The van der Waals surface area contributed by atoms with Crippen molar-refractivity contribution in [2.45, 2.75) is 18.7 Å². The van der Waals surface area contributed by atoms with Gasteiger partial charge < -0.3 is 9.47 Å². The Bertz CT molecular complexity index is 352. The number of hydrogen-bond donors (Lipinski definition) is 0. The summed E-state index contributed by atoms with van der Waals surface area (Å²) in [5.74, 6) is 0.477. The summed E-state index contributed by atoms with van der Waals surface area (Å²) in [6.45, 7) is 4.69. The summed E-state index contributed by atoms with van der Waals surface area (Å²) in [6.07, 6.45) is 0. The topological polar surface area (TPSA) is 35.5 Å². The van der Waals surface area contributed by atoms with E-state index in [4.69, 9.17) is 9.47 Å². The van der Waals surface area contributed by atoms with E-state index in [-0.39, 0.29) is 5.97 Å². The van der Waals surface area contributed by atoms with Gasteiger partial charge in [0.25, 0.3) is 0 Å². The highest BCUT2D eigenvalue weighted by molar-refractivity contribution is 9.09. The van der Waals surface area contributed by atoms with Gasteiger partial charge in [-0.05, 0) is 31.5 Å². The van der Waals surface area contributed by atoms with Crippen molar-refractivity contribution in [2.75, 3.05) is 13.2 Å². The minimum Gasteiger partial charge on any atom is -0.494 e. The standard InChI is InChI=1S/C12H15BrO3/c1-3-15-10-7-5-6-9(8-10)11(13)12(14)16-4-2/h5-8,11H,3-4H2,1-2H3. The Morgan fingerprint density at radius 1 is 1.38 bits per heavy atom. The van der Waals surface area contributed by atoms with Crippen molar-refractivity contribution in [2.24, 2.45) is 0 Å². The summed E-state index contributed by atoms with van der Waals surface area (Å²) in [6, 6.07) is 7.41. The lowest BCUT2D eigenvalue weighted by molar-refractivity contribution is -0.142. The van der Waals surface area contributed by atoms with Gasteiger partial charge in [0.1, 0.15) is 10.6 Å². The lowest BCUT2D eigenvalue weighted by Crippen LogP contribution is -2.10. The molecular formula is C12H15BrO3. The van der Waals surface area contributed by atoms with Crippen LogP contribution < -0.4 is 4.74 Å². The van der Waals surface area contributed by atoms with Crippen LogP contribution in [0.4, 0.5) is 0 Å². The zero-order valence-corrected chi connectivity index (χ0v) is 11.0. The van der Waals surface area contributed by atoms with E-state index in [1.165, 1.54) is 0 Å². The first-order chi connectivity index (χ1) is 7.69. The van der Waals surface area contributed by atoms with Gasteiger partial charge in [0.05, 0.1) is 13.2 Å². The van der Waals surface area contributed by atoms with Crippen LogP contribution >= 0.6 is 15.9 Å². The van der Waals surface area contributed by atoms with Crippen molar-refractivity contribution < 1.29 is 14.3 Å². The van der Waals surface area contributed by atoms with Crippen LogP contribution in [0.5, 0.6) is 5.75 Å². The number of ether oxygens (including phenoxy) is 2. The van der Waals surface area contributed by atoms with Crippen LogP contribution in [0.3, 0.4) is 0 Å². The molecular weight excluding hydrogens is 272 g/mol. The molecule has 1 aromatic carbocycles. The van der Waals surface area contributed by atoms with Gasteiger partial charge in [-0.15, -0.1) is 0 Å². The average molecular weight is 287 g/mol. The molecule has 1 atom stereocenters. The second kappa shape index (κ2) is 6.53. The van der Waals surface area contributed by atoms with Gasteiger partial charge in [0.15, 0.2) is 0 Å². The van der Waals surface area contributed by atoms with Crippen molar-refractivity contribution >= 4 is 21.9 Å². The van der Waals surface area contributed by atoms with Crippen LogP contribution in [-0.4, -0.2) is 19.2 Å². The third-order valence-electron chi connectivity index (χ3n) is 1.96. The number of benzene rings is 1. The van der Waals surface area contributed by atoms with Crippen molar-refractivity contribution in [3.63, 3.8) is 0 Å². The Morgan fingerprint density at radius 2 is 2.12 bits per heavy atom. The molecule has 0 spiro atoms. The molecule has 1 unspecified atom stereocenters. The second-order valence-electron chi connectivity index (χ2n) is 3.12. The zero-order valence-electron chi connectivity index (χ0n) is 9.40. The molecule has 0 N–H and O–H groups in total. The molecule has 3 nitrogen and oxygen atoms in total. The molecule has 0 saturated heterocycles. The Kier molecular flexibility index (Phi) is 5.32. The van der Waals surface area contributed by atoms with Crippen molar-refractivity contribution in [3.05, 3.63) is 29.8 Å². The van der Waals surface area contributed by atoms with Crippen LogP contribution in [0.25, 0.3) is 0 Å². The molecule has 0 amide bonds. The maximum absolute atomic E-state index is 11.5. The fourth-order valence-electron chi connectivity index (χ4n) is 1.28. The molecule has 88 valence electrons. The molecule has 0 bridgehead atoms. The predicted molar refractivity (Wildman–Crippen MR) is 65.9 cm³/mol. The van der Waals surface area contributed by atoms with E-state index >= 15 is 0 Å². The molecule has 0 radical (unpaired) electrons. The number of rotatable bonds is 5. The number of halogens is 1. The molecule has 1 aromatic rings. The maximum atomic E-state index is 11.5. The molecule has 4 heteroatoms. The maximum Gasteiger partial charge on any atom is 0.324 e. The van der Waals surface area contributed by atoms with Gasteiger partial charge in [-0.2, -0.15) is 0 Å². The summed E-state index contributed by atoms with van der Waals surface area (Å²) < 4.78 is 10.3. The molecule has 0 aliphatic heterocycles. The van der Waals surface area contributed by atoms with Crippen LogP contribution in [0.15, 0.2) is 24.3 Å². The summed E-state index contributed by atoms with van der Waals surface area (Å²) >= 11 is 3.31. The predicted octanol–water partition coefficient (Wildman–Crippen LogP) is 3.08. The number of carbonyl (C=O) groups excluding carboxylic acids is 1. The minimum atomic E-state index is -0.437. The zero-order chi connectivity index (χ0) is 12.0. The van der Waals surface area contributed by atoms with Crippen molar-refractivity contribution in [3.8, 4) is 5.75 Å². The van der Waals surface area contributed by atoms with Crippen LogP contribution in [0.1, 0.15) is 24.2 Å². The summed E-state index contributed by atoms with van der Waals surface area (Å²) in [5.41, 5.74) is 0.837. The third-order valence-corrected chi connectivity index (χ3v) is 2.86. The molecule has 0 aliphatic rings. The van der Waals surface area contributed by atoms with Crippen molar-refractivity contribution in [1.29, 1.82) is 0 Å². The van der Waals surface area contributed by atoms with E-state index in [1.807, 2.05) is 31.2 Å². The number of carbonyl (C=O) groups is 1. The lowest BCUT2D eigenvalue weighted by atomic mass is 10.1.